The molecule has 0 aromatic heterocycles. The van der Waals surface area contributed by atoms with E-state index in [1.807, 2.05) is 0 Å². The standard InChI is InChI=1S/C14H17ClF3N3O3/c1-9(7-24-8-14(16,17)18)20-13(23)19-6-12(22)21-11-4-2-10(15)3-5-11/h2-5,9H,6-8H2,1H3,(H,21,22)(H2,19,20,23). The number of alkyl halides is 3. The Hall–Kier alpha value is -2.00. The minimum atomic E-state index is -4.41. The highest BCUT2D eigenvalue weighted by Gasteiger charge is 2.27. The summed E-state index contributed by atoms with van der Waals surface area (Å²) in [5, 5.41) is 7.70. The largest absolute Gasteiger partial charge is 0.411 e. The van der Waals surface area contributed by atoms with Gasteiger partial charge in [-0.2, -0.15) is 13.2 Å². The minimum absolute atomic E-state index is 0.301. The molecule has 0 saturated carbocycles. The fraction of sp³-hybridized carbons (Fsp3) is 0.429. The number of urea groups is 1. The van der Waals surface area contributed by atoms with Crippen molar-refractivity contribution in [1.29, 1.82) is 0 Å². The third kappa shape index (κ3) is 9.21. The highest BCUT2D eigenvalue weighted by Crippen LogP contribution is 2.14. The van der Waals surface area contributed by atoms with E-state index in [2.05, 4.69) is 20.7 Å². The van der Waals surface area contributed by atoms with Crippen LogP contribution >= 0.6 is 11.6 Å². The quantitative estimate of drug-likeness (QED) is 0.693. The van der Waals surface area contributed by atoms with Crippen LogP contribution in [0.4, 0.5) is 23.7 Å². The molecule has 0 bridgehead atoms. The third-order valence-electron chi connectivity index (χ3n) is 2.55. The fourth-order valence-electron chi connectivity index (χ4n) is 1.57. The van der Waals surface area contributed by atoms with Crippen LogP contribution in [0.25, 0.3) is 0 Å². The van der Waals surface area contributed by atoms with E-state index in [-0.39, 0.29) is 13.2 Å². The third-order valence-corrected chi connectivity index (χ3v) is 2.80. The Morgan fingerprint density at radius 1 is 1.25 bits per heavy atom. The molecule has 3 amide bonds. The Morgan fingerprint density at radius 2 is 1.88 bits per heavy atom. The zero-order valence-electron chi connectivity index (χ0n) is 12.7. The molecule has 0 radical (unpaired) electrons. The van der Waals surface area contributed by atoms with Crippen LogP contribution in [0.1, 0.15) is 6.92 Å². The van der Waals surface area contributed by atoms with E-state index in [4.69, 9.17) is 11.6 Å². The summed E-state index contributed by atoms with van der Waals surface area (Å²) in [5.41, 5.74) is 0.514. The van der Waals surface area contributed by atoms with Gasteiger partial charge < -0.3 is 20.7 Å². The van der Waals surface area contributed by atoms with Crippen molar-refractivity contribution in [3.05, 3.63) is 29.3 Å². The molecule has 1 atom stereocenters. The normalized spacial score (nSPS) is 12.4. The zero-order chi connectivity index (χ0) is 18.2. The first-order chi connectivity index (χ1) is 11.2. The monoisotopic (exact) mass is 367 g/mol. The van der Waals surface area contributed by atoms with Crippen LogP contribution in [-0.2, 0) is 9.53 Å². The summed E-state index contributed by atoms with van der Waals surface area (Å²) in [6.45, 7) is -0.512. The molecule has 0 heterocycles. The van der Waals surface area contributed by atoms with Crippen molar-refractivity contribution in [2.45, 2.75) is 19.1 Å². The van der Waals surface area contributed by atoms with E-state index in [0.29, 0.717) is 10.7 Å². The van der Waals surface area contributed by atoms with Gasteiger partial charge in [-0.1, -0.05) is 11.6 Å². The molecule has 3 N–H and O–H groups in total. The summed E-state index contributed by atoms with van der Waals surface area (Å²) in [6.07, 6.45) is -4.41. The zero-order valence-corrected chi connectivity index (χ0v) is 13.5. The predicted octanol–water partition coefficient (Wildman–Crippen LogP) is 2.55. The van der Waals surface area contributed by atoms with Gasteiger partial charge in [-0.15, -0.1) is 0 Å². The summed E-state index contributed by atoms with van der Waals surface area (Å²) >= 11 is 5.71. The highest BCUT2D eigenvalue weighted by atomic mass is 35.5. The lowest BCUT2D eigenvalue weighted by molar-refractivity contribution is -0.174. The molecule has 134 valence electrons. The van der Waals surface area contributed by atoms with Crippen LogP contribution < -0.4 is 16.0 Å². The maximum Gasteiger partial charge on any atom is 0.411 e. The molecule has 6 nitrogen and oxygen atoms in total. The summed E-state index contributed by atoms with van der Waals surface area (Å²) in [7, 11) is 0. The number of benzene rings is 1. The topological polar surface area (TPSA) is 79.5 Å². The van der Waals surface area contributed by atoms with Crippen LogP contribution in [-0.4, -0.2) is 43.9 Å². The number of rotatable bonds is 7. The Kier molecular flexibility index (Phi) is 7.80. The number of ether oxygens (including phenoxy) is 1. The van der Waals surface area contributed by atoms with Gasteiger partial charge in [0.05, 0.1) is 19.2 Å². The van der Waals surface area contributed by atoms with Gasteiger partial charge >= 0.3 is 12.2 Å². The van der Waals surface area contributed by atoms with Crippen molar-refractivity contribution >= 4 is 29.2 Å². The first kappa shape index (κ1) is 20.0. The minimum Gasteiger partial charge on any atom is -0.370 e. The molecule has 10 heteroatoms. The van der Waals surface area contributed by atoms with Crippen molar-refractivity contribution in [3.8, 4) is 0 Å². The highest BCUT2D eigenvalue weighted by molar-refractivity contribution is 6.30. The Labute approximate surface area is 141 Å². The average Bonchev–Trinajstić information content (AvgIpc) is 2.46. The number of halogens is 4. The fourth-order valence-corrected chi connectivity index (χ4v) is 1.69. The number of amides is 3. The summed E-state index contributed by atoms with van der Waals surface area (Å²) in [4.78, 5) is 23.2. The molecule has 0 aliphatic heterocycles. The number of anilines is 1. The smallest absolute Gasteiger partial charge is 0.370 e. The number of hydrogen-bond donors (Lipinski definition) is 3. The van der Waals surface area contributed by atoms with E-state index in [1.54, 1.807) is 24.3 Å². The van der Waals surface area contributed by atoms with Gasteiger partial charge in [0.15, 0.2) is 0 Å². The summed E-state index contributed by atoms with van der Waals surface area (Å²) in [5.74, 6) is -0.464. The Morgan fingerprint density at radius 3 is 2.46 bits per heavy atom. The van der Waals surface area contributed by atoms with Crippen molar-refractivity contribution in [2.75, 3.05) is 25.1 Å². The number of carbonyl (C=O) groups is 2. The van der Waals surface area contributed by atoms with Gasteiger partial charge in [0.25, 0.3) is 0 Å². The second-order valence-corrected chi connectivity index (χ2v) is 5.35. The van der Waals surface area contributed by atoms with Gasteiger partial charge in [0.2, 0.25) is 5.91 Å². The maximum atomic E-state index is 11.9. The first-order valence-corrected chi connectivity index (χ1v) is 7.28. The van der Waals surface area contributed by atoms with Gasteiger partial charge in [-0.25, -0.2) is 4.79 Å². The molecular formula is C14H17ClF3N3O3. The lowest BCUT2D eigenvalue weighted by Gasteiger charge is -2.15. The number of hydrogen-bond acceptors (Lipinski definition) is 3. The van der Waals surface area contributed by atoms with Crippen molar-refractivity contribution in [1.82, 2.24) is 10.6 Å². The molecular weight excluding hydrogens is 351 g/mol. The molecule has 1 aromatic carbocycles. The van der Waals surface area contributed by atoms with Crippen LogP contribution in [0.15, 0.2) is 24.3 Å². The van der Waals surface area contributed by atoms with Crippen LogP contribution in [0, 0.1) is 0 Å². The number of nitrogens with one attached hydrogen (secondary N) is 3. The molecule has 0 fully saturated rings. The molecule has 1 rings (SSSR count). The van der Waals surface area contributed by atoms with E-state index in [0.717, 1.165) is 0 Å². The Bertz CT molecular complexity index is 552. The van der Waals surface area contributed by atoms with Crippen molar-refractivity contribution < 1.29 is 27.5 Å². The Balaban J connectivity index is 2.22. The van der Waals surface area contributed by atoms with E-state index < -0.39 is 30.8 Å². The molecule has 1 unspecified atom stereocenters. The van der Waals surface area contributed by atoms with E-state index >= 15 is 0 Å². The second-order valence-electron chi connectivity index (χ2n) is 4.91. The van der Waals surface area contributed by atoms with Gasteiger partial charge in [0, 0.05) is 10.7 Å². The molecule has 0 spiro atoms. The van der Waals surface area contributed by atoms with Gasteiger partial charge in [0.1, 0.15) is 6.61 Å². The van der Waals surface area contributed by atoms with Crippen LogP contribution in [0.3, 0.4) is 0 Å². The SMILES string of the molecule is CC(COCC(F)(F)F)NC(=O)NCC(=O)Nc1ccc(Cl)cc1. The average molecular weight is 368 g/mol. The lowest BCUT2D eigenvalue weighted by Crippen LogP contribution is -2.45. The van der Waals surface area contributed by atoms with Gasteiger partial charge in [-0.05, 0) is 31.2 Å². The summed E-state index contributed by atoms with van der Waals surface area (Å²) < 4.78 is 40.1. The first-order valence-electron chi connectivity index (χ1n) is 6.90. The van der Waals surface area contributed by atoms with Crippen LogP contribution in [0.5, 0.6) is 0 Å². The van der Waals surface area contributed by atoms with E-state index in [9.17, 15) is 22.8 Å². The molecule has 1 aromatic rings. The second kappa shape index (κ2) is 9.33. The molecule has 0 aliphatic carbocycles. The molecule has 24 heavy (non-hydrogen) atoms. The van der Waals surface area contributed by atoms with Crippen LogP contribution in [0.2, 0.25) is 5.02 Å². The predicted molar refractivity (Wildman–Crippen MR) is 83.0 cm³/mol. The molecule has 0 aliphatic rings. The lowest BCUT2D eigenvalue weighted by atomic mass is 10.3. The summed E-state index contributed by atoms with van der Waals surface area (Å²) in [6, 6.07) is 5.05. The molecule has 0 saturated heterocycles. The maximum absolute atomic E-state index is 11.9. The van der Waals surface area contributed by atoms with Gasteiger partial charge in [-0.3, -0.25) is 4.79 Å². The van der Waals surface area contributed by atoms with E-state index in [1.165, 1.54) is 6.92 Å². The van der Waals surface area contributed by atoms with Crippen molar-refractivity contribution in [3.63, 3.8) is 0 Å². The number of carbonyl (C=O) groups excluding carboxylic acids is 2. The van der Waals surface area contributed by atoms with Crippen molar-refractivity contribution in [2.24, 2.45) is 0 Å².